The van der Waals surface area contributed by atoms with Crippen LogP contribution in [-0.2, 0) is 20.0 Å². The number of hydrogen-bond acceptors (Lipinski definition) is 6. The third kappa shape index (κ3) is 3.32. The van der Waals surface area contributed by atoms with Gasteiger partial charge in [-0.3, -0.25) is 0 Å². The molecule has 24 heavy (non-hydrogen) atoms. The minimum absolute atomic E-state index is 0.124. The maximum absolute atomic E-state index is 12.8. The van der Waals surface area contributed by atoms with Gasteiger partial charge in [-0.2, -0.15) is 4.31 Å². The highest BCUT2D eigenvalue weighted by Gasteiger charge is 2.29. The van der Waals surface area contributed by atoms with Gasteiger partial charge >= 0.3 is 0 Å². The Bertz CT molecular complexity index is 965. The first-order valence-electron chi connectivity index (χ1n) is 7.50. The molecule has 8 nitrogen and oxygen atoms in total. The molecule has 0 bridgehead atoms. The van der Waals surface area contributed by atoms with Gasteiger partial charge in [0.15, 0.2) is 11.5 Å². The molecule has 2 aromatic rings. The second kappa shape index (κ2) is 6.10. The van der Waals surface area contributed by atoms with E-state index in [1.165, 1.54) is 20.7 Å². The van der Waals surface area contributed by atoms with Crippen LogP contribution in [0.4, 0.5) is 0 Å². The lowest BCUT2D eigenvalue weighted by molar-refractivity contribution is 0.406. The molecule has 1 aromatic heterocycles. The third-order valence-electron chi connectivity index (χ3n) is 3.99. The predicted molar refractivity (Wildman–Crippen MR) is 88.5 cm³/mol. The molecule has 0 spiro atoms. The Labute approximate surface area is 141 Å². The average Bonchev–Trinajstić information content (AvgIpc) is 2.70. The van der Waals surface area contributed by atoms with Gasteiger partial charge in [-0.1, -0.05) is 0 Å². The second-order valence-corrected chi connectivity index (χ2v) is 9.70. The van der Waals surface area contributed by atoms with E-state index in [1.54, 1.807) is 13.0 Å². The zero-order chi connectivity index (χ0) is 17.5. The molecule has 0 N–H and O–H groups in total. The maximum atomic E-state index is 12.8. The van der Waals surface area contributed by atoms with Gasteiger partial charge in [0, 0.05) is 39.2 Å². The number of rotatable bonds is 3. The van der Waals surface area contributed by atoms with Crippen LogP contribution >= 0.6 is 0 Å². The summed E-state index contributed by atoms with van der Waals surface area (Å²) in [7, 11) is -7.03. The number of aromatic nitrogens is 1. The van der Waals surface area contributed by atoms with Crippen molar-refractivity contribution in [2.45, 2.75) is 18.2 Å². The Morgan fingerprint density at radius 2 is 1.71 bits per heavy atom. The molecule has 0 radical (unpaired) electrons. The van der Waals surface area contributed by atoms with E-state index in [-0.39, 0.29) is 24.5 Å². The molecule has 1 saturated heterocycles. The number of benzene rings is 1. The SMILES string of the molecule is Cc1nc2ccc(S(=O)(=O)N3CCCN(S(C)(=O)=O)CC3)cc2o1. The highest BCUT2D eigenvalue weighted by Crippen LogP contribution is 2.23. The van der Waals surface area contributed by atoms with Crippen LogP contribution in [0, 0.1) is 6.92 Å². The molecule has 0 saturated carbocycles. The minimum Gasteiger partial charge on any atom is -0.441 e. The first-order chi connectivity index (χ1) is 11.2. The van der Waals surface area contributed by atoms with Crippen LogP contribution in [0.2, 0.25) is 0 Å². The fraction of sp³-hybridized carbons (Fsp3) is 0.500. The highest BCUT2D eigenvalue weighted by atomic mass is 32.2. The van der Waals surface area contributed by atoms with Crippen molar-refractivity contribution in [2.24, 2.45) is 0 Å². The van der Waals surface area contributed by atoms with Gasteiger partial charge in [-0.25, -0.2) is 26.1 Å². The van der Waals surface area contributed by atoms with E-state index in [2.05, 4.69) is 4.98 Å². The molecule has 1 aliphatic rings. The summed E-state index contributed by atoms with van der Waals surface area (Å²) in [5.74, 6) is 0.470. The molecule has 0 amide bonds. The van der Waals surface area contributed by atoms with Crippen molar-refractivity contribution < 1.29 is 21.3 Å². The average molecular weight is 373 g/mol. The van der Waals surface area contributed by atoms with Crippen molar-refractivity contribution in [2.75, 3.05) is 32.4 Å². The van der Waals surface area contributed by atoms with Crippen LogP contribution in [0.1, 0.15) is 12.3 Å². The van der Waals surface area contributed by atoms with Gasteiger partial charge in [0.1, 0.15) is 5.52 Å². The Balaban J connectivity index is 1.88. The first-order valence-corrected chi connectivity index (χ1v) is 10.8. The van der Waals surface area contributed by atoms with Crippen molar-refractivity contribution in [3.63, 3.8) is 0 Å². The van der Waals surface area contributed by atoms with E-state index in [0.717, 1.165) is 6.26 Å². The number of fused-ring (bicyclic) bond motifs is 1. The Morgan fingerprint density at radius 3 is 2.42 bits per heavy atom. The van der Waals surface area contributed by atoms with E-state index >= 15 is 0 Å². The largest absolute Gasteiger partial charge is 0.441 e. The summed E-state index contributed by atoms with van der Waals surface area (Å²) < 4.78 is 57.0. The molecule has 1 fully saturated rings. The fourth-order valence-electron chi connectivity index (χ4n) is 2.77. The van der Waals surface area contributed by atoms with Crippen LogP contribution in [-0.4, -0.2) is 62.9 Å². The Morgan fingerprint density at radius 1 is 1.04 bits per heavy atom. The van der Waals surface area contributed by atoms with E-state index < -0.39 is 20.0 Å². The van der Waals surface area contributed by atoms with E-state index in [9.17, 15) is 16.8 Å². The lowest BCUT2D eigenvalue weighted by Gasteiger charge is -2.20. The van der Waals surface area contributed by atoms with Crippen molar-refractivity contribution in [1.29, 1.82) is 0 Å². The smallest absolute Gasteiger partial charge is 0.243 e. The molecule has 0 atom stereocenters. The van der Waals surface area contributed by atoms with Crippen LogP contribution < -0.4 is 0 Å². The van der Waals surface area contributed by atoms with Crippen molar-refractivity contribution in [3.05, 3.63) is 24.1 Å². The minimum atomic E-state index is -3.71. The Hall–Kier alpha value is -1.49. The lowest BCUT2D eigenvalue weighted by atomic mass is 10.3. The molecule has 1 aromatic carbocycles. The fourth-order valence-corrected chi connectivity index (χ4v) is 5.13. The summed E-state index contributed by atoms with van der Waals surface area (Å²) >= 11 is 0. The summed E-state index contributed by atoms with van der Waals surface area (Å²) in [6.07, 6.45) is 1.59. The van der Waals surface area contributed by atoms with Gasteiger partial charge in [0.2, 0.25) is 20.0 Å². The van der Waals surface area contributed by atoms with Gasteiger partial charge in [0.05, 0.1) is 11.2 Å². The number of nitrogens with zero attached hydrogens (tertiary/aromatic N) is 3. The van der Waals surface area contributed by atoms with Gasteiger partial charge in [0.25, 0.3) is 0 Å². The van der Waals surface area contributed by atoms with Crippen LogP contribution in [0.15, 0.2) is 27.5 Å². The first kappa shape index (κ1) is 17.3. The number of hydrogen-bond donors (Lipinski definition) is 0. The number of aryl methyl sites for hydroxylation is 1. The van der Waals surface area contributed by atoms with Gasteiger partial charge in [-0.15, -0.1) is 0 Å². The van der Waals surface area contributed by atoms with E-state index in [4.69, 9.17) is 4.42 Å². The number of oxazole rings is 1. The summed E-state index contributed by atoms with van der Waals surface area (Å²) in [4.78, 5) is 4.28. The molecule has 3 rings (SSSR count). The quantitative estimate of drug-likeness (QED) is 0.788. The summed E-state index contributed by atoms with van der Waals surface area (Å²) in [6.45, 7) is 2.58. The number of sulfonamides is 2. The molecule has 132 valence electrons. The monoisotopic (exact) mass is 373 g/mol. The van der Waals surface area contributed by atoms with Crippen molar-refractivity contribution in [1.82, 2.24) is 13.6 Å². The molecule has 10 heteroatoms. The van der Waals surface area contributed by atoms with Crippen molar-refractivity contribution >= 4 is 31.1 Å². The molecular formula is C14H19N3O5S2. The van der Waals surface area contributed by atoms with Gasteiger partial charge in [-0.05, 0) is 18.6 Å². The van der Waals surface area contributed by atoms with Crippen molar-refractivity contribution in [3.8, 4) is 0 Å². The predicted octanol–water partition coefficient (Wildman–Crippen LogP) is 0.792. The zero-order valence-corrected chi connectivity index (χ0v) is 15.1. The molecule has 2 heterocycles. The maximum Gasteiger partial charge on any atom is 0.243 e. The van der Waals surface area contributed by atoms with Crippen LogP contribution in [0.5, 0.6) is 0 Å². The Kier molecular flexibility index (Phi) is 4.41. The lowest BCUT2D eigenvalue weighted by Crippen LogP contribution is -2.36. The molecular weight excluding hydrogens is 354 g/mol. The summed E-state index contributed by atoms with van der Waals surface area (Å²) in [5, 5.41) is 0. The van der Waals surface area contributed by atoms with Crippen LogP contribution in [0.25, 0.3) is 11.1 Å². The van der Waals surface area contributed by atoms with E-state index in [1.807, 2.05) is 0 Å². The van der Waals surface area contributed by atoms with Gasteiger partial charge < -0.3 is 4.42 Å². The second-order valence-electron chi connectivity index (χ2n) is 5.78. The van der Waals surface area contributed by atoms with E-state index in [0.29, 0.717) is 30.0 Å². The summed E-state index contributed by atoms with van der Waals surface area (Å²) in [6, 6.07) is 4.57. The topological polar surface area (TPSA) is 101 Å². The van der Waals surface area contributed by atoms with Crippen LogP contribution in [0.3, 0.4) is 0 Å². The third-order valence-corrected chi connectivity index (χ3v) is 7.19. The molecule has 1 aliphatic heterocycles. The normalized spacial score (nSPS) is 18.8. The standard InChI is InChI=1S/C14H19N3O5S2/c1-11-15-13-5-4-12(10-14(13)22-11)24(20,21)17-7-3-6-16(8-9-17)23(2,18)19/h4-5,10H,3,6-9H2,1-2H3. The molecule has 0 aliphatic carbocycles. The summed E-state index contributed by atoms with van der Waals surface area (Å²) in [5.41, 5.74) is 1.02. The molecule has 0 unspecified atom stereocenters. The highest BCUT2D eigenvalue weighted by molar-refractivity contribution is 7.89. The zero-order valence-electron chi connectivity index (χ0n) is 13.5.